The number of sulfone groups is 1. The molecule has 0 bridgehead atoms. The van der Waals surface area contributed by atoms with Crippen molar-refractivity contribution in [2.24, 2.45) is 11.3 Å². The molecule has 4 atom stereocenters. The highest BCUT2D eigenvalue weighted by Crippen LogP contribution is 2.55. The number of piperidine rings is 1. The number of carboxylic acids is 1. The zero-order valence-electron chi connectivity index (χ0n) is 23.5. The van der Waals surface area contributed by atoms with Crippen LogP contribution in [-0.4, -0.2) is 47.3 Å². The van der Waals surface area contributed by atoms with Crippen molar-refractivity contribution in [2.75, 3.05) is 5.75 Å². The van der Waals surface area contributed by atoms with E-state index in [2.05, 4.69) is 0 Å². The van der Waals surface area contributed by atoms with E-state index in [0.717, 1.165) is 43.2 Å². The van der Waals surface area contributed by atoms with Crippen molar-refractivity contribution in [1.29, 1.82) is 0 Å². The van der Waals surface area contributed by atoms with Crippen LogP contribution in [0.15, 0.2) is 48.5 Å². The molecule has 1 amide bonds. The fourth-order valence-electron chi connectivity index (χ4n) is 7.24. The van der Waals surface area contributed by atoms with Gasteiger partial charge in [-0.1, -0.05) is 73.7 Å². The molecule has 3 fully saturated rings. The number of likely N-dealkylation sites (tertiary alicyclic amines) is 1. The molecule has 2 saturated carbocycles. The standard InChI is InChI=1S/C32H39Cl2NO5S/c1-2-32(19-29(36)37)18-27(23-7-6-8-25(34)17-23)30(22-13-15-24(33)16-14-22)35(31(32)38)28(21-11-12-21)20-41(39,40)26-9-4-3-5-10-26/h6-8,13-17,21,26-28,30H,2-5,9-12,18-20H2,1H3,(H,36,37)/t27-,28-,30-,32+/m1/s1. The van der Waals surface area contributed by atoms with Crippen LogP contribution in [0, 0.1) is 11.3 Å². The highest BCUT2D eigenvalue weighted by molar-refractivity contribution is 7.92. The molecule has 1 heterocycles. The lowest BCUT2D eigenvalue weighted by Gasteiger charge is -2.53. The number of carboxylic acid groups (broad SMARTS) is 1. The smallest absolute Gasteiger partial charge is 0.304 e. The first-order valence-corrected chi connectivity index (χ1v) is 17.3. The Balaban J connectivity index is 1.67. The molecule has 222 valence electrons. The molecule has 5 rings (SSSR count). The zero-order valence-corrected chi connectivity index (χ0v) is 25.8. The largest absolute Gasteiger partial charge is 0.481 e. The number of nitrogens with zero attached hydrogens (tertiary/aromatic N) is 1. The molecular formula is C32H39Cl2NO5S. The van der Waals surface area contributed by atoms with E-state index in [1.54, 1.807) is 18.2 Å². The molecular weight excluding hydrogens is 581 g/mol. The summed E-state index contributed by atoms with van der Waals surface area (Å²) in [6.07, 6.45) is 6.24. The first-order chi connectivity index (χ1) is 19.5. The molecule has 0 aromatic heterocycles. The number of halogens is 2. The highest BCUT2D eigenvalue weighted by atomic mass is 35.5. The quantitative estimate of drug-likeness (QED) is 0.298. The summed E-state index contributed by atoms with van der Waals surface area (Å²) in [5.74, 6) is -1.60. The molecule has 6 nitrogen and oxygen atoms in total. The Morgan fingerprint density at radius 2 is 1.68 bits per heavy atom. The van der Waals surface area contributed by atoms with Gasteiger partial charge in [-0.15, -0.1) is 0 Å². The van der Waals surface area contributed by atoms with Crippen molar-refractivity contribution in [1.82, 2.24) is 4.90 Å². The van der Waals surface area contributed by atoms with Gasteiger partial charge in [0.05, 0.1) is 28.9 Å². The van der Waals surface area contributed by atoms with Crippen LogP contribution in [0.25, 0.3) is 0 Å². The molecule has 2 aromatic rings. The Labute approximate surface area is 253 Å². The average Bonchev–Trinajstić information content (AvgIpc) is 3.79. The maximum absolute atomic E-state index is 14.8. The molecule has 1 saturated heterocycles. The molecule has 1 aliphatic heterocycles. The first kappa shape index (κ1) is 30.4. The molecule has 2 aromatic carbocycles. The summed E-state index contributed by atoms with van der Waals surface area (Å²) in [7, 11) is -3.48. The Bertz CT molecular complexity index is 1370. The average molecular weight is 621 g/mol. The zero-order chi connectivity index (χ0) is 29.4. The molecule has 41 heavy (non-hydrogen) atoms. The summed E-state index contributed by atoms with van der Waals surface area (Å²) in [5.41, 5.74) is 0.597. The second-order valence-corrected chi connectivity index (χ2v) is 15.5. The van der Waals surface area contributed by atoms with Crippen LogP contribution in [0.5, 0.6) is 0 Å². The van der Waals surface area contributed by atoms with E-state index in [9.17, 15) is 23.1 Å². The molecule has 3 aliphatic rings. The number of carbonyl (C=O) groups is 2. The number of hydrogen-bond donors (Lipinski definition) is 1. The van der Waals surface area contributed by atoms with E-state index in [4.69, 9.17) is 23.2 Å². The lowest BCUT2D eigenvalue weighted by Crippen LogP contribution is -2.59. The number of hydrogen-bond acceptors (Lipinski definition) is 4. The summed E-state index contributed by atoms with van der Waals surface area (Å²) in [6, 6.07) is 13.9. The van der Waals surface area contributed by atoms with E-state index in [-0.39, 0.29) is 35.2 Å². The third kappa shape index (κ3) is 6.47. The van der Waals surface area contributed by atoms with Crippen LogP contribution in [0.4, 0.5) is 0 Å². The Morgan fingerprint density at radius 1 is 1.00 bits per heavy atom. The summed E-state index contributed by atoms with van der Waals surface area (Å²) in [4.78, 5) is 28.8. The van der Waals surface area contributed by atoms with Crippen molar-refractivity contribution in [3.63, 3.8) is 0 Å². The van der Waals surface area contributed by atoms with E-state index in [1.165, 1.54) is 0 Å². The van der Waals surface area contributed by atoms with Gasteiger partial charge in [0.15, 0.2) is 9.84 Å². The van der Waals surface area contributed by atoms with Crippen LogP contribution in [0.2, 0.25) is 10.0 Å². The van der Waals surface area contributed by atoms with Crippen molar-refractivity contribution < 1.29 is 23.1 Å². The number of aliphatic carboxylic acids is 1. The Hall–Kier alpha value is -2.09. The van der Waals surface area contributed by atoms with E-state index in [1.807, 2.05) is 42.2 Å². The summed E-state index contributed by atoms with van der Waals surface area (Å²) < 4.78 is 27.8. The minimum Gasteiger partial charge on any atom is -0.481 e. The molecule has 0 unspecified atom stereocenters. The minimum atomic E-state index is -3.48. The maximum atomic E-state index is 14.8. The van der Waals surface area contributed by atoms with Gasteiger partial charge < -0.3 is 10.0 Å². The van der Waals surface area contributed by atoms with Crippen molar-refractivity contribution >= 4 is 44.9 Å². The van der Waals surface area contributed by atoms with Crippen LogP contribution >= 0.6 is 23.2 Å². The van der Waals surface area contributed by atoms with Gasteiger partial charge in [0.1, 0.15) is 0 Å². The number of benzene rings is 2. The van der Waals surface area contributed by atoms with Crippen LogP contribution < -0.4 is 0 Å². The fourth-order valence-corrected chi connectivity index (χ4v) is 9.80. The van der Waals surface area contributed by atoms with Crippen LogP contribution in [0.3, 0.4) is 0 Å². The second kappa shape index (κ2) is 12.3. The second-order valence-electron chi connectivity index (χ2n) is 12.3. The molecule has 1 N–H and O–H groups in total. The van der Waals surface area contributed by atoms with E-state index >= 15 is 0 Å². The van der Waals surface area contributed by atoms with Gasteiger partial charge in [-0.25, -0.2) is 8.42 Å². The lowest BCUT2D eigenvalue weighted by molar-refractivity contribution is -0.162. The van der Waals surface area contributed by atoms with Crippen LogP contribution in [0.1, 0.15) is 94.2 Å². The highest BCUT2D eigenvalue weighted by Gasteiger charge is 2.56. The van der Waals surface area contributed by atoms with Crippen molar-refractivity contribution in [3.05, 3.63) is 69.7 Å². The SMILES string of the molecule is CC[C@@]1(CC(=O)O)C[C@H](c2cccc(Cl)c2)[C@@H](c2ccc(Cl)cc2)N([C@H](CS(=O)(=O)C2CCCCC2)C2CC2)C1=O. The number of rotatable bonds is 10. The molecule has 0 radical (unpaired) electrons. The predicted octanol–water partition coefficient (Wildman–Crippen LogP) is 7.45. The summed E-state index contributed by atoms with van der Waals surface area (Å²) >= 11 is 12.7. The Morgan fingerprint density at radius 3 is 2.27 bits per heavy atom. The van der Waals surface area contributed by atoms with E-state index in [0.29, 0.717) is 35.7 Å². The predicted molar refractivity (Wildman–Crippen MR) is 162 cm³/mol. The topological polar surface area (TPSA) is 91.8 Å². The number of amides is 1. The van der Waals surface area contributed by atoms with E-state index < -0.39 is 33.3 Å². The van der Waals surface area contributed by atoms with Crippen LogP contribution in [-0.2, 0) is 19.4 Å². The van der Waals surface area contributed by atoms with Gasteiger partial charge in [-0.3, -0.25) is 9.59 Å². The normalized spacial score (nSPS) is 26.6. The number of carbonyl (C=O) groups excluding carboxylic acids is 1. The monoisotopic (exact) mass is 619 g/mol. The van der Waals surface area contributed by atoms with Gasteiger partial charge in [-0.05, 0) is 79.8 Å². The molecule has 9 heteroatoms. The third-order valence-corrected chi connectivity index (χ3v) is 12.4. The molecule has 2 aliphatic carbocycles. The van der Waals surface area contributed by atoms with Gasteiger partial charge in [-0.2, -0.15) is 0 Å². The maximum Gasteiger partial charge on any atom is 0.304 e. The third-order valence-electron chi connectivity index (χ3n) is 9.62. The molecule has 0 spiro atoms. The minimum absolute atomic E-state index is 0.0598. The van der Waals surface area contributed by atoms with Crippen molar-refractivity contribution in [2.45, 2.75) is 94.4 Å². The van der Waals surface area contributed by atoms with Gasteiger partial charge >= 0.3 is 5.97 Å². The van der Waals surface area contributed by atoms with Crippen molar-refractivity contribution in [3.8, 4) is 0 Å². The fraction of sp³-hybridized carbons (Fsp3) is 0.562. The van der Waals surface area contributed by atoms with Gasteiger partial charge in [0.2, 0.25) is 5.91 Å². The summed E-state index contributed by atoms with van der Waals surface area (Å²) in [6.45, 7) is 1.86. The first-order valence-electron chi connectivity index (χ1n) is 14.8. The van der Waals surface area contributed by atoms with Gasteiger partial charge in [0, 0.05) is 22.0 Å². The summed E-state index contributed by atoms with van der Waals surface area (Å²) in [5, 5.41) is 10.7. The Kier molecular flexibility index (Phi) is 9.08. The lowest BCUT2D eigenvalue weighted by atomic mass is 9.65. The van der Waals surface area contributed by atoms with Gasteiger partial charge in [0.25, 0.3) is 0 Å².